The van der Waals surface area contributed by atoms with Crippen LogP contribution in [0, 0.1) is 0 Å². The number of rotatable bonds is 3. The highest BCUT2D eigenvalue weighted by atomic mass is 16.4. The first-order chi connectivity index (χ1) is 6.09. The third-order valence-corrected chi connectivity index (χ3v) is 1.46. The van der Waals surface area contributed by atoms with Crippen LogP contribution in [0.15, 0.2) is 24.3 Å². The Hall–Kier alpha value is -1.55. The van der Waals surface area contributed by atoms with E-state index in [0.717, 1.165) is 5.69 Å². The molecule has 0 spiro atoms. The van der Waals surface area contributed by atoms with Gasteiger partial charge in [-0.3, -0.25) is 0 Å². The Kier molecular flexibility index (Phi) is 2.87. The van der Waals surface area contributed by atoms with Gasteiger partial charge in [-0.2, -0.15) is 0 Å². The van der Waals surface area contributed by atoms with Crippen molar-refractivity contribution in [2.45, 2.75) is 0 Å². The van der Waals surface area contributed by atoms with E-state index in [2.05, 4.69) is 5.43 Å². The molecule has 0 aliphatic rings. The predicted molar refractivity (Wildman–Crippen MR) is 50.7 cm³/mol. The van der Waals surface area contributed by atoms with Crippen LogP contribution < -0.4 is 5.43 Å². The van der Waals surface area contributed by atoms with Gasteiger partial charge in [0.1, 0.15) is 0 Å². The van der Waals surface area contributed by atoms with Crippen LogP contribution in [0.1, 0.15) is 10.4 Å². The van der Waals surface area contributed by atoms with Crippen molar-refractivity contribution >= 4 is 11.7 Å². The molecule has 0 bridgehead atoms. The van der Waals surface area contributed by atoms with Gasteiger partial charge in [0.15, 0.2) is 0 Å². The standard InChI is InChI=1S/C9H12N2O2/c1-11(2)10-8-5-3-4-7(6-8)9(12)13/h3-6,10H,1-2H3,(H,12,13). The second-order valence-electron chi connectivity index (χ2n) is 2.89. The van der Waals surface area contributed by atoms with E-state index in [-0.39, 0.29) is 5.56 Å². The molecule has 0 saturated heterocycles. The lowest BCUT2D eigenvalue weighted by Crippen LogP contribution is -2.19. The molecule has 0 aromatic heterocycles. The highest BCUT2D eigenvalue weighted by molar-refractivity contribution is 5.88. The molecule has 0 radical (unpaired) electrons. The van der Waals surface area contributed by atoms with E-state index in [1.165, 1.54) is 0 Å². The van der Waals surface area contributed by atoms with Crippen molar-refractivity contribution in [1.82, 2.24) is 5.01 Å². The molecular weight excluding hydrogens is 168 g/mol. The van der Waals surface area contributed by atoms with Crippen molar-refractivity contribution in [3.8, 4) is 0 Å². The molecule has 4 heteroatoms. The Bertz CT molecular complexity index is 310. The molecule has 0 fully saturated rings. The number of benzene rings is 1. The van der Waals surface area contributed by atoms with Crippen molar-refractivity contribution < 1.29 is 9.90 Å². The van der Waals surface area contributed by atoms with Crippen molar-refractivity contribution in [2.24, 2.45) is 0 Å². The molecule has 0 unspecified atom stereocenters. The Labute approximate surface area is 76.8 Å². The Morgan fingerprint density at radius 2 is 2.15 bits per heavy atom. The number of anilines is 1. The third-order valence-electron chi connectivity index (χ3n) is 1.46. The van der Waals surface area contributed by atoms with E-state index in [1.54, 1.807) is 23.2 Å². The van der Waals surface area contributed by atoms with Gasteiger partial charge in [0.05, 0.1) is 5.56 Å². The van der Waals surface area contributed by atoms with E-state index in [0.29, 0.717) is 0 Å². The van der Waals surface area contributed by atoms with Crippen LogP contribution in [0.5, 0.6) is 0 Å². The second-order valence-corrected chi connectivity index (χ2v) is 2.89. The quantitative estimate of drug-likeness (QED) is 0.688. The number of carboxylic acid groups (broad SMARTS) is 1. The highest BCUT2D eigenvalue weighted by Gasteiger charge is 2.02. The monoisotopic (exact) mass is 180 g/mol. The lowest BCUT2D eigenvalue weighted by atomic mass is 10.2. The average Bonchev–Trinajstić information content (AvgIpc) is 2.03. The third kappa shape index (κ3) is 2.76. The summed E-state index contributed by atoms with van der Waals surface area (Å²) in [6.45, 7) is 0. The van der Waals surface area contributed by atoms with Gasteiger partial charge in [-0.1, -0.05) is 6.07 Å². The van der Waals surface area contributed by atoms with Crippen LogP contribution >= 0.6 is 0 Å². The number of hydrazine groups is 1. The fourth-order valence-electron chi connectivity index (χ4n) is 0.980. The van der Waals surface area contributed by atoms with Crippen LogP contribution in [0.3, 0.4) is 0 Å². The minimum atomic E-state index is -0.914. The zero-order valence-electron chi connectivity index (χ0n) is 7.61. The molecule has 1 aromatic carbocycles. The molecule has 4 nitrogen and oxygen atoms in total. The molecule has 1 rings (SSSR count). The first kappa shape index (κ1) is 9.54. The van der Waals surface area contributed by atoms with E-state index < -0.39 is 5.97 Å². The van der Waals surface area contributed by atoms with Gasteiger partial charge in [-0.15, -0.1) is 0 Å². The van der Waals surface area contributed by atoms with E-state index in [4.69, 9.17) is 5.11 Å². The van der Waals surface area contributed by atoms with Gasteiger partial charge < -0.3 is 10.5 Å². The topological polar surface area (TPSA) is 52.6 Å². The summed E-state index contributed by atoms with van der Waals surface area (Å²) in [5.41, 5.74) is 4.02. The molecular formula is C9H12N2O2. The molecule has 0 atom stereocenters. The fraction of sp³-hybridized carbons (Fsp3) is 0.222. The van der Waals surface area contributed by atoms with E-state index in [9.17, 15) is 4.79 Å². The molecule has 70 valence electrons. The maximum Gasteiger partial charge on any atom is 0.335 e. The summed E-state index contributed by atoms with van der Waals surface area (Å²) in [5, 5.41) is 10.5. The Balaban J connectivity index is 2.85. The minimum absolute atomic E-state index is 0.284. The van der Waals surface area contributed by atoms with Gasteiger partial charge in [0.25, 0.3) is 0 Å². The molecule has 0 saturated carbocycles. The number of carboxylic acids is 1. The number of hydrogen-bond acceptors (Lipinski definition) is 3. The summed E-state index contributed by atoms with van der Waals surface area (Å²) in [5.74, 6) is -0.914. The Morgan fingerprint density at radius 1 is 1.46 bits per heavy atom. The van der Waals surface area contributed by atoms with Crippen molar-refractivity contribution in [3.05, 3.63) is 29.8 Å². The van der Waals surface area contributed by atoms with E-state index in [1.807, 2.05) is 20.2 Å². The maximum atomic E-state index is 10.6. The molecule has 0 amide bonds. The normalized spacial score (nSPS) is 10.1. The predicted octanol–water partition coefficient (Wildman–Crippen LogP) is 1.27. The summed E-state index contributed by atoms with van der Waals surface area (Å²) in [7, 11) is 3.68. The first-order valence-electron chi connectivity index (χ1n) is 3.87. The second kappa shape index (κ2) is 3.91. The lowest BCUT2D eigenvalue weighted by molar-refractivity contribution is 0.0697. The van der Waals surface area contributed by atoms with Crippen LogP contribution in [0.4, 0.5) is 5.69 Å². The van der Waals surface area contributed by atoms with Crippen LogP contribution in [-0.4, -0.2) is 30.2 Å². The van der Waals surface area contributed by atoms with Gasteiger partial charge in [-0.05, 0) is 18.2 Å². The van der Waals surface area contributed by atoms with Crippen molar-refractivity contribution in [3.63, 3.8) is 0 Å². The number of nitrogens with one attached hydrogen (secondary N) is 1. The number of hydrogen-bond donors (Lipinski definition) is 2. The van der Waals surface area contributed by atoms with E-state index >= 15 is 0 Å². The lowest BCUT2D eigenvalue weighted by Gasteiger charge is -2.13. The van der Waals surface area contributed by atoms with Crippen LogP contribution in [0.25, 0.3) is 0 Å². The van der Waals surface area contributed by atoms with Gasteiger partial charge in [0.2, 0.25) is 0 Å². The van der Waals surface area contributed by atoms with Gasteiger partial charge in [0, 0.05) is 19.8 Å². The zero-order chi connectivity index (χ0) is 9.84. The molecule has 2 N–H and O–H groups in total. The largest absolute Gasteiger partial charge is 0.478 e. The fourth-order valence-corrected chi connectivity index (χ4v) is 0.980. The molecule has 0 aliphatic carbocycles. The van der Waals surface area contributed by atoms with Gasteiger partial charge >= 0.3 is 5.97 Å². The van der Waals surface area contributed by atoms with Gasteiger partial charge in [-0.25, -0.2) is 9.80 Å². The van der Waals surface area contributed by atoms with Crippen molar-refractivity contribution in [1.29, 1.82) is 0 Å². The summed E-state index contributed by atoms with van der Waals surface area (Å²) in [6, 6.07) is 6.66. The number of aromatic carboxylic acids is 1. The average molecular weight is 180 g/mol. The summed E-state index contributed by atoms with van der Waals surface area (Å²) < 4.78 is 0. The number of nitrogens with zero attached hydrogens (tertiary/aromatic N) is 1. The smallest absolute Gasteiger partial charge is 0.335 e. The van der Waals surface area contributed by atoms with Crippen LogP contribution in [0.2, 0.25) is 0 Å². The number of carbonyl (C=O) groups is 1. The molecule has 0 heterocycles. The molecule has 0 aliphatic heterocycles. The SMILES string of the molecule is CN(C)Nc1cccc(C(=O)O)c1. The van der Waals surface area contributed by atoms with Crippen LogP contribution in [-0.2, 0) is 0 Å². The van der Waals surface area contributed by atoms with Crippen molar-refractivity contribution in [2.75, 3.05) is 19.5 Å². The Morgan fingerprint density at radius 3 is 2.69 bits per heavy atom. The minimum Gasteiger partial charge on any atom is -0.478 e. The highest BCUT2D eigenvalue weighted by Crippen LogP contribution is 2.10. The summed E-state index contributed by atoms with van der Waals surface area (Å²) in [4.78, 5) is 10.6. The summed E-state index contributed by atoms with van der Waals surface area (Å²) in [6.07, 6.45) is 0. The first-order valence-corrected chi connectivity index (χ1v) is 3.87. The zero-order valence-corrected chi connectivity index (χ0v) is 7.61. The summed E-state index contributed by atoms with van der Waals surface area (Å²) >= 11 is 0. The molecule has 1 aromatic rings. The maximum absolute atomic E-state index is 10.6. The molecule has 13 heavy (non-hydrogen) atoms.